The molecule has 1 heterocycles. The fraction of sp³-hybridized carbons (Fsp3) is 0.923. The summed E-state index contributed by atoms with van der Waals surface area (Å²) in [6, 6.07) is 0. The standard InChI is InChI=1S/C13H26N2O3/c1-2-17-10-3-4-13(16)15-9-11-18-12-5-7-14-8-6-12/h12,14H,2-11H2,1H3,(H,15,16). The molecule has 1 saturated heterocycles. The zero-order valence-corrected chi connectivity index (χ0v) is 11.4. The third-order valence-electron chi connectivity index (χ3n) is 2.96. The Kier molecular flexibility index (Phi) is 8.81. The van der Waals surface area contributed by atoms with Crippen molar-refractivity contribution < 1.29 is 14.3 Å². The molecule has 18 heavy (non-hydrogen) atoms. The molecule has 5 nitrogen and oxygen atoms in total. The van der Waals surface area contributed by atoms with E-state index in [1.54, 1.807) is 0 Å². The Morgan fingerprint density at radius 2 is 2.11 bits per heavy atom. The number of ether oxygens (including phenoxy) is 2. The highest BCUT2D eigenvalue weighted by Gasteiger charge is 2.12. The normalized spacial score (nSPS) is 16.7. The van der Waals surface area contributed by atoms with Crippen LogP contribution in [-0.4, -0.2) is 51.5 Å². The van der Waals surface area contributed by atoms with E-state index in [2.05, 4.69) is 10.6 Å². The van der Waals surface area contributed by atoms with Crippen molar-refractivity contribution in [3.05, 3.63) is 0 Å². The van der Waals surface area contributed by atoms with Gasteiger partial charge in [0.15, 0.2) is 0 Å². The molecule has 1 aliphatic heterocycles. The highest BCUT2D eigenvalue weighted by Crippen LogP contribution is 2.06. The van der Waals surface area contributed by atoms with Gasteiger partial charge < -0.3 is 20.1 Å². The molecule has 2 N–H and O–H groups in total. The number of rotatable bonds is 9. The summed E-state index contributed by atoms with van der Waals surface area (Å²) in [5, 5.41) is 6.16. The second-order valence-electron chi connectivity index (χ2n) is 4.47. The maximum atomic E-state index is 11.4. The fourth-order valence-electron chi connectivity index (χ4n) is 1.95. The van der Waals surface area contributed by atoms with Gasteiger partial charge in [-0.15, -0.1) is 0 Å². The monoisotopic (exact) mass is 258 g/mol. The van der Waals surface area contributed by atoms with E-state index in [1.807, 2.05) is 6.92 Å². The Hall–Kier alpha value is -0.650. The lowest BCUT2D eigenvalue weighted by molar-refractivity contribution is -0.121. The molecule has 0 unspecified atom stereocenters. The van der Waals surface area contributed by atoms with Gasteiger partial charge in [0, 0.05) is 26.2 Å². The maximum Gasteiger partial charge on any atom is 0.220 e. The van der Waals surface area contributed by atoms with Gasteiger partial charge >= 0.3 is 0 Å². The minimum Gasteiger partial charge on any atom is -0.382 e. The van der Waals surface area contributed by atoms with Crippen molar-refractivity contribution in [2.75, 3.05) is 39.5 Å². The predicted molar refractivity (Wildman–Crippen MR) is 70.6 cm³/mol. The van der Waals surface area contributed by atoms with Crippen LogP contribution in [0, 0.1) is 0 Å². The van der Waals surface area contributed by atoms with Crippen LogP contribution in [0.1, 0.15) is 32.6 Å². The minimum atomic E-state index is 0.0867. The van der Waals surface area contributed by atoms with Crippen LogP contribution in [0.15, 0.2) is 0 Å². The average Bonchev–Trinajstić information content (AvgIpc) is 2.41. The van der Waals surface area contributed by atoms with E-state index >= 15 is 0 Å². The van der Waals surface area contributed by atoms with Crippen molar-refractivity contribution in [1.82, 2.24) is 10.6 Å². The van der Waals surface area contributed by atoms with Gasteiger partial charge in [0.2, 0.25) is 5.91 Å². The summed E-state index contributed by atoms with van der Waals surface area (Å²) in [4.78, 5) is 11.4. The third-order valence-corrected chi connectivity index (χ3v) is 2.96. The van der Waals surface area contributed by atoms with Gasteiger partial charge in [-0.3, -0.25) is 4.79 Å². The van der Waals surface area contributed by atoms with Crippen LogP contribution in [0.25, 0.3) is 0 Å². The number of carbonyl (C=O) groups is 1. The molecule has 0 spiro atoms. The molecule has 0 saturated carbocycles. The first-order chi connectivity index (χ1) is 8.83. The first-order valence-corrected chi connectivity index (χ1v) is 6.99. The first kappa shape index (κ1) is 15.4. The zero-order chi connectivity index (χ0) is 13.1. The molecule has 1 rings (SSSR count). The Bertz CT molecular complexity index is 218. The van der Waals surface area contributed by atoms with Crippen molar-refractivity contribution in [3.63, 3.8) is 0 Å². The van der Waals surface area contributed by atoms with E-state index < -0.39 is 0 Å². The van der Waals surface area contributed by atoms with Crippen LogP contribution >= 0.6 is 0 Å². The van der Waals surface area contributed by atoms with Gasteiger partial charge in [-0.25, -0.2) is 0 Å². The summed E-state index contributed by atoms with van der Waals surface area (Å²) in [7, 11) is 0. The molecule has 0 aliphatic carbocycles. The summed E-state index contributed by atoms with van der Waals surface area (Å²) < 4.78 is 10.9. The lowest BCUT2D eigenvalue weighted by Crippen LogP contribution is -2.34. The number of amides is 1. The summed E-state index contributed by atoms with van der Waals surface area (Å²) >= 11 is 0. The molecular weight excluding hydrogens is 232 g/mol. The van der Waals surface area contributed by atoms with E-state index in [0.29, 0.717) is 38.9 Å². The molecule has 0 aromatic heterocycles. The molecule has 0 radical (unpaired) electrons. The van der Waals surface area contributed by atoms with E-state index in [-0.39, 0.29) is 5.91 Å². The van der Waals surface area contributed by atoms with Crippen molar-refractivity contribution >= 4 is 5.91 Å². The quantitative estimate of drug-likeness (QED) is 0.597. The lowest BCUT2D eigenvalue weighted by Gasteiger charge is -2.22. The first-order valence-electron chi connectivity index (χ1n) is 6.99. The molecule has 0 bridgehead atoms. The highest BCUT2D eigenvalue weighted by molar-refractivity contribution is 5.75. The second-order valence-corrected chi connectivity index (χ2v) is 4.47. The molecular formula is C13H26N2O3. The fourth-order valence-corrected chi connectivity index (χ4v) is 1.95. The Balaban J connectivity index is 1.88. The van der Waals surface area contributed by atoms with E-state index in [0.717, 1.165) is 32.4 Å². The number of hydrogen-bond acceptors (Lipinski definition) is 4. The van der Waals surface area contributed by atoms with E-state index in [1.165, 1.54) is 0 Å². The van der Waals surface area contributed by atoms with Gasteiger partial charge in [0.25, 0.3) is 0 Å². The number of nitrogens with one attached hydrogen (secondary N) is 2. The number of carbonyl (C=O) groups excluding carboxylic acids is 1. The van der Waals surface area contributed by atoms with E-state index in [9.17, 15) is 4.79 Å². The van der Waals surface area contributed by atoms with Gasteiger partial charge in [0.05, 0.1) is 12.7 Å². The van der Waals surface area contributed by atoms with Crippen LogP contribution in [0.5, 0.6) is 0 Å². The van der Waals surface area contributed by atoms with Crippen LogP contribution in [0.4, 0.5) is 0 Å². The molecule has 5 heteroatoms. The van der Waals surface area contributed by atoms with Crippen molar-refractivity contribution in [1.29, 1.82) is 0 Å². The number of piperidine rings is 1. The van der Waals surface area contributed by atoms with Gasteiger partial charge in [0.1, 0.15) is 0 Å². The van der Waals surface area contributed by atoms with Crippen molar-refractivity contribution in [2.24, 2.45) is 0 Å². The lowest BCUT2D eigenvalue weighted by atomic mass is 10.1. The van der Waals surface area contributed by atoms with Crippen LogP contribution < -0.4 is 10.6 Å². The highest BCUT2D eigenvalue weighted by atomic mass is 16.5. The summed E-state index contributed by atoms with van der Waals surface area (Å²) in [5.74, 6) is 0.0867. The smallest absolute Gasteiger partial charge is 0.220 e. The summed E-state index contributed by atoms with van der Waals surface area (Å²) in [6.45, 7) is 6.63. The minimum absolute atomic E-state index is 0.0867. The molecule has 1 fully saturated rings. The Labute approximate surface area is 110 Å². The summed E-state index contributed by atoms with van der Waals surface area (Å²) in [6.07, 6.45) is 3.83. The van der Waals surface area contributed by atoms with Crippen molar-refractivity contribution in [2.45, 2.75) is 38.7 Å². The van der Waals surface area contributed by atoms with Crippen molar-refractivity contribution in [3.8, 4) is 0 Å². The largest absolute Gasteiger partial charge is 0.382 e. The predicted octanol–water partition coefficient (Wildman–Crippen LogP) is 0.688. The topological polar surface area (TPSA) is 59.6 Å². The molecule has 0 atom stereocenters. The SMILES string of the molecule is CCOCCCC(=O)NCCOC1CCNCC1. The van der Waals surface area contributed by atoms with Crippen LogP contribution in [-0.2, 0) is 14.3 Å². The average molecular weight is 258 g/mol. The Morgan fingerprint density at radius 3 is 2.83 bits per heavy atom. The van der Waals surface area contributed by atoms with Crippen LogP contribution in [0.2, 0.25) is 0 Å². The Morgan fingerprint density at radius 1 is 1.33 bits per heavy atom. The second kappa shape index (κ2) is 10.3. The van der Waals surface area contributed by atoms with Gasteiger partial charge in [-0.05, 0) is 39.3 Å². The van der Waals surface area contributed by atoms with Crippen LogP contribution in [0.3, 0.4) is 0 Å². The van der Waals surface area contributed by atoms with Gasteiger partial charge in [-0.1, -0.05) is 0 Å². The molecule has 1 amide bonds. The summed E-state index contributed by atoms with van der Waals surface area (Å²) in [5.41, 5.74) is 0. The van der Waals surface area contributed by atoms with E-state index in [4.69, 9.17) is 9.47 Å². The third kappa shape index (κ3) is 7.63. The van der Waals surface area contributed by atoms with Gasteiger partial charge in [-0.2, -0.15) is 0 Å². The molecule has 0 aromatic carbocycles. The zero-order valence-electron chi connectivity index (χ0n) is 11.4. The molecule has 1 aliphatic rings. The molecule has 106 valence electrons. The molecule has 0 aromatic rings. The number of hydrogen-bond donors (Lipinski definition) is 2. The maximum absolute atomic E-state index is 11.4.